The number of rotatable bonds is 5. The molecule has 0 fully saturated rings. The Morgan fingerprint density at radius 3 is 2.18 bits per heavy atom. The van der Waals surface area contributed by atoms with Gasteiger partial charge in [0.15, 0.2) is 0 Å². The maximum atomic E-state index is 11.9. The van der Waals surface area contributed by atoms with Crippen LogP contribution in [0.1, 0.15) is 33.6 Å². The van der Waals surface area contributed by atoms with Gasteiger partial charge in [-0.2, -0.15) is 13.2 Å². The zero-order valence-corrected chi connectivity index (χ0v) is 10.7. The predicted molar refractivity (Wildman–Crippen MR) is 58.6 cm³/mol. The lowest BCUT2D eigenvalue weighted by molar-refractivity contribution is -0.155. The number of carbonyl (C=O) groups excluding carboxylic acids is 1. The number of carbonyl (C=O) groups is 1. The molecular weight excluding hydrogens is 235 g/mol. The summed E-state index contributed by atoms with van der Waals surface area (Å²) < 4.78 is 40.7. The minimum absolute atomic E-state index is 0.00905. The van der Waals surface area contributed by atoms with E-state index in [0.717, 1.165) is 0 Å². The van der Waals surface area contributed by atoms with Crippen molar-refractivity contribution in [3.63, 3.8) is 0 Å². The molecule has 0 atom stereocenters. The number of alkyl halides is 3. The lowest BCUT2D eigenvalue weighted by Gasteiger charge is -2.22. The minimum Gasteiger partial charge on any atom is -0.459 e. The van der Waals surface area contributed by atoms with Gasteiger partial charge in [0.05, 0.1) is 6.54 Å². The number of esters is 1. The number of ether oxygens (including phenoxy) is 1. The molecule has 0 rings (SSSR count). The summed E-state index contributed by atoms with van der Waals surface area (Å²) in [4.78, 5) is 12.9. The maximum Gasteiger partial charge on any atom is 0.389 e. The molecule has 0 bridgehead atoms. The van der Waals surface area contributed by atoms with Gasteiger partial charge in [0, 0.05) is 6.42 Å². The molecule has 0 aliphatic heterocycles. The van der Waals surface area contributed by atoms with Gasteiger partial charge in [0.25, 0.3) is 0 Å². The Morgan fingerprint density at radius 2 is 1.76 bits per heavy atom. The number of hydrogen-bond donors (Lipinski definition) is 0. The number of halogens is 3. The minimum atomic E-state index is -4.13. The van der Waals surface area contributed by atoms with Crippen LogP contribution in [-0.4, -0.2) is 42.8 Å². The third-order valence-corrected chi connectivity index (χ3v) is 1.82. The van der Waals surface area contributed by atoms with E-state index < -0.39 is 24.2 Å². The smallest absolute Gasteiger partial charge is 0.389 e. The Morgan fingerprint density at radius 1 is 1.24 bits per heavy atom. The highest BCUT2D eigenvalue weighted by Crippen LogP contribution is 2.21. The van der Waals surface area contributed by atoms with Crippen LogP contribution in [0.4, 0.5) is 13.2 Å². The molecule has 0 unspecified atom stereocenters. The molecule has 0 aromatic carbocycles. The number of likely N-dealkylation sites (N-methyl/N-ethyl adjacent to an activating group) is 1. The third-order valence-electron chi connectivity index (χ3n) is 1.82. The Hall–Kier alpha value is -0.780. The summed E-state index contributed by atoms with van der Waals surface area (Å²) in [6.45, 7) is 5.46. The highest BCUT2D eigenvalue weighted by Gasteiger charge is 2.26. The topological polar surface area (TPSA) is 29.5 Å². The molecule has 0 amide bonds. The average molecular weight is 255 g/mol. The molecule has 0 aromatic heterocycles. The molecule has 0 aromatic rings. The second-order valence-corrected chi connectivity index (χ2v) is 5.04. The van der Waals surface area contributed by atoms with Crippen molar-refractivity contribution < 1.29 is 22.7 Å². The first-order chi connectivity index (χ1) is 7.49. The van der Waals surface area contributed by atoms with Crippen molar-refractivity contribution >= 4 is 5.97 Å². The normalized spacial score (nSPS) is 12.9. The summed E-state index contributed by atoms with van der Waals surface area (Å²) in [6.07, 6.45) is -4.97. The fraction of sp³-hybridized carbons (Fsp3) is 0.909. The highest BCUT2D eigenvalue weighted by molar-refractivity contribution is 5.72. The van der Waals surface area contributed by atoms with Crippen LogP contribution in [0.2, 0.25) is 0 Å². The van der Waals surface area contributed by atoms with Gasteiger partial charge >= 0.3 is 12.1 Å². The Labute approximate surface area is 99.9 Å². The van der Waals surface area contributed by atoms with E-state index in [1.165, 1.54) is 4.90 Å². The standard InChI is InChI=1S/C11H20F3NO2/c1-10(2,3)17-9(16)8-15(4)7-5-6-11(12,13)14/h5-8H2,1-4H3. The summed E-state index contributed by atoms with van der Waals surface area (Å²) in [6, 6.07) is 0. The van der Waals surface area contributed by atoms with Gasteiger partial charge in [-0.25, -0.2) is 0 Å². The van der Waals surface area contributed by atoms with E-state index >= 15 is 0 Å². The molecule has 0 heterocycles. The highest BCUT2D eigenvalue weighted by atomic mass is 19.4. The van der Waals surface area contributed by atoms with Crippen LogP contribution < -0.4 is 0 Å². The van der Waals surface area contributed by atoms with Crippen LogP contribution >= 0.6 is 0 Å². The third kappa shape index (κ3) is 11.5. The molecule has 0 aliphatic carbocycles. The van der Waals surface area contributed by atoms with Crippen LogP contribution in [0.15, 0.2) is 0 Å². The van der Waals surface area contributed by atoms with Gasteiger partial charge in [0.2, 0.25) is 0 Å². The van der Waals surface area contributed by atoms with Gasteiger partial charge in [0.1, 0.15) is 5.60 Å². The fourth-order valence-electron chi connectivity index (χ4n) is 1.22. The van der Waals surface area contributed by atoms with Crippen LogP contribution in [0.3, 0.4) is 0 Å². The van der Waals surface area contributed by atoms with Crippen molar-refractivity contribution in [2.24, 2.45) is 0 Å². The SMILES string of the molecule is CN(CCCC(F)(F)F)CC(=O)OC(C)(C)C. The Bertz CT molecular complexity index is 246. The quantitative estimate of drug-likeness (QED) is 0.707. The molecule has 102 valence electrons. The first-order valence-electron chi connectivity index (χ1n) is 5.47. The van der Waals surface area contributed by atoms with Crippen LogP contribution in [-0.2, 0) is 9.53 Å². The van der Waals surface area contributed by atoms with Gasteiger partial charge in [-0.15, -0.1) is 0 Å². The lowest BCUT2D eigenvalue weighted by Crippen LogP contribution is -2.33. The largest absolute Gasteiger partial charge is 0.459 e. The molecule has 3 nitrogen and oxygen atoms in total. The molecule has 6 heteroatoms. The first kappa shape index (κ1) is 16.2. The van der Waals surface area contributed by atoms with E-state index in [4.69, 9.17) is 4.74 Å². The number of nitrogens with zero attached hydrogens (tertiary/aromatic N) is 1. The predicted octanol–water partition coefficient (Wildman–Crippen LogP) is 2.60. The summed E-state index contributed by atoms with van der Waals surface area (Å²) >= 11 is 0. The molecule has 0 saturated heterocycles. The van der Waals surface area contributed by atoms with Crippen molar-refractivity contribution in [3.8, 4) is 0 Å². The summed E-state index contributed by atoms with van der Waals surface area (Å²) in [5.74, 6) is -0.424. The van der Waals surface area contributed by atoms with Crippen molar-refractivity contribution in [3.05, 3.63) is 0 Å². The average Bonchev–Trinajstić information content (AvgIpc) is 1.96. The van der Waals surface area contributed by atoms with Gasteiger partial charge < -0.3 is 4.74 Å². The van der Waals surface area contributed by atoms with Crippen molar-refractivity contribution in [1.29, 1.82) is 0 Å². The second kappa shape index (κ2) is 6.23. The molecule has 0 radical (unpaired) electrons. The summed E-state index contributed by atoms with van der Waals surface area (Å²) in [5, 5.41) is 0. The van der Waals surface area contributed by atoms with Gasteiger partial charge in [-0.1, -0.05) is 0 Å². The molecule has 0 saturated carbocycles. The van der Waals surface area contributed by atoms with Crippen molar-refractivity contribution in [1.82, 2.24) is 4.90 Å². The fourth-order valence-corrected chi connectivity index (χ4v) is 1.22. The van der Waals surface area contributed by atoms with Gasteiger partial charge in [-0.3, -0.25) is 9.69 Å². The van der Waals surface area contributed by atoms with Crippen molar-refractivity contribution in [2.45, 2.75) is 45.4 Å². The van der Waals surface area contributed by atoms with E-state index in [9.17, 15) is 18.0 Å². The Kier molecular flexibility index (Phi) is 5.95. The monoisotopic (exact) mass is 255 g/mol. The van der Waals surface area contributed by atoms with Gasteiger partial charge in [-0.05, 0) is 40.8 Å². The molecular formula is C11H20F3NO2. The first-order valence-corrected chi connectivity index (χ1v) is 5.47. The molecule has 0 spiro atoms. The van der Waals surface area contributed by atoms with E-state index in [2.05, 4.69) is 0 Å². The van der Waals surface area contributed by atoms with Crippen LogP contribution in [0.25, 0.3) is 0 Å². The van der Waals surface area contributed by atoms with Crippen LogP contribution in [0.5, 0.6) is 0 Å². The van der Waals surface area contributed by atoms with Crippen LogP contribution in [0, 0.1) is 0 Å². The molecule has 17 heavy (non-hydrogen) atoms. The zero-order chi connectivity index (χ0) is 13.7. The molecule has 0 N–H and O–H groups in total. The molecule has 0 aliphatic rings. The Balaban J connectivity index is 3.79. The van der Waals surface area contributed by atoms with E-state index in [1.54, 1.807) is 27.8 Å². The zero-order valence-electron chi connectivity index (χ0n) is 10.7. The van der Waals surface area contributed by atoms with E-state index in [1.807, 2.05) is 0 Å². The van der Waals surface area contributed by atoms with E-state index in [-0.39, 0.29) is 19.5 Å². The maximum absolute atomic E-state index is 11.9. The van der Waals surface area contributed by atoms with E-state index in [0.29, 0.717) is 0 Å². The second-order valence-electron chi connectivity index (χ2n) is 5.04. The lowest BCUT2D eigenvalue weighted by atomic mass is 10.2. The van der Waals surface area contributed by atoms with Crippen molar-refractivity contribution in [2.75, 3.05) is 20.1 Å². The summed E-state index contributed by atoms with van der Waals surface area (Å²) in [7, 11) is 1.60. The summed E-state index contributed by atoms with van der Waals surface area (Å²) in [5.41, 5.74) is -0.566. The number of hydrogen-bond acceptors (Lipinski definition) is 3.